The highest BCUT2D eigenvalue weighted by Crippen LogP contribution is 2.21. The lowest BCUT2D eigenvalue weighted by Crippen LogP contribution is -1.90. The van der Waals surface area contributed by atoms with Gasteiger partial charge in [-0.15, -0.1) is 11.3 Å². The Labute approximate surface area is 94.7 Å². The Balaban J connectivity index is 2.24. The first-order chi connectivity index (χ1) is 7.20. The second-order valence-electron chi connectivity index (χ2n) is 3.71. The summed E-state index contributed by atoms with van der Waals surface area (Å²) >= 11 is 1.87. The minimum absolute atomic E-state index is 1.03. The predicted octanol–water partition coefficient (Wildman–Crippen LogP) is 3.86. The Morgan fingerprint density at radius 1 is 1.33 bits per heavy atom. The number of thiophene rings is 1. The van der Waals surface area contributed by atoms with Crippen LogP contribution in [0.15, 0.2) is 31.0 Å². The van der Waals surface area contributed by atoms with Crippen molar-refractivity contribution >= 4 is 17.5 Å². The van der Waals surface area contributed by atoms with E-state index in [-0.39, 0.29) is 0 Å². The first-order valence-corrected chi connectivity index (χ1v) is 5.86. The second-order valence-corrected chi connectivity index (χ2v) is 5.08. The monoisotopic (exact) mass is 217 g/mol. The summed E-state index contributed by atoms with van der Waals surface area (Å²) in [6.07, 6.45) is 4.95. The van der Waals surface area contributed by atoms with Gasteiger partial charge in [0.05, 0.1) is 0 Å². The van der Waals surface area contributed by atoms with Gasteiger partial charge in [0.25, 0.3) is 0 Å². The van der Waals surface area contributed by atoms with Gasteiger partial charge in [-0.1, -0.05) is 6.58 Å². The average Bonchev–Trinajstić information content (AvgIpc) is 2.76. The van der Waals surface area contributed by atoms with E-state index in [1.807, 2.05) is 17.5 Å². The summed E-state index contributed by atoms with van der Waals surface area (Å²) < 4.78 is 2.07. The maximum absolute atomic E-state index is 3.78. The largest absolute Gasteiger partial charge is 0.328 e. The normalized spacial score (nSPS) is 10.5. The minimum Gasteiger partial charge on any atom is -0.328 e. The Hall–Kier alpha value is -1.28. The number of hydrogen-bond acceptors (Lipinski definition) is 1. The molecule has 0 amide bonds. The lowest BCUT2D eigenvalue weighted by atomic mass is 10.1. The highest BCUT2D eigenvalue weighted by Gasteiger charge is 2.05. The van der Waals surface area contributed by atoms with Gasteiger partial charge < -0.3 is 4.57 Å². The molecule has 0 aliphatic heterocycles. The molecule has 0 radical (unpaired) electrons. The zero-order valence-corrected chi connectivity index (χ0v) is 9.97. The van der Waals surface area contributed by atoms with Crippen molar-refractivity contribution < 1.29 is 0 Å². The van der Waals surface area contributed by atoms with Crippen LogP contribution in [-0.4, -0.2) is 4.57 Å². The molecule has 2 aromatic rings. The average molecular weight is 217 g/mol. The molecule has 0 saturated heterocycles. The van der Waals surface area contributed by atoms with E-state index in [0.717, 1.165) is 6.42 Å². The molecule has 0 aliphatic rings. The number of nitrogens with zero attached hydrogens (tertiary/aromatic N) is 1. The fourth-order valence-electron chi connectivity index (χ4n) is 1.72. The van der Waals surface area contributed by atoms with Crippen LogP contribution in [0.4, 0.5) is 0 Å². The van der Waals surface area contributed by atoms with Crippen molar-refractivity contribution in [1.82, 2.24) is 4.57 Å². The van der Waals surface area contributed by atoms with Crippen molar-refractivity contribution in [2.24, 2.45) is 0 Å². The summed E-state index contributed by atoms with van der Waals surface area (Å²) in [5.41, 5.74) is 2.67. The fourth-order valence-corrected chi connectivity index (χ4v) is 2.63. The molecule has 0 saturated carbocycles. The number of rotatable bonds is 3. The summed E-state index contributed by atoms with van der Waals surface area (Å²) in [6, 6.07) is 6.57. The highest BCUT2D eigenvalue weighted by molar-refractivity contribution is 7.11. The van der Waals surface area contributed by atoms with E-state index >= 15 is 0 Å². The third-order valence-corrected chi connectivity index (χ3v) is 3.65. The van der Waals surface area contributed by atoms with Crippen molar-refractivity contribution in [2.45, 2.75) is 20.3 Å². The predicted molar refractivity (Wildman–Crippen MR) is 67.4 cm³/mol. The van der Waals surface area contributed by atoms with Gasteiger partial charge in [0.15, 0.2) is 0 Å². The maximum Gasteiger partial charge on any atom is 0.0225 e. The van der Waals surface area contributed by atoms with Crippen molar-refractivity contribution in [2.75, 3.05) is 0 Å². The van der Waals surface area contributed by atoms with Crippen LogP contribution in [0.3, 0.4) is 0 Å². The molecule has 0 fully saturated rings. The molecule has 2 aromatic heterocycles. The molecule has 78 valence electrons. The Morgan fingerprint density at radius 3 is 2.67 bits per heavy atom. The maximum atomic E-state index is 3.78. The van der Waals surface area contributed by atoms with Crippen LogP contribution < -0.4 is 0 Å². The summed E-state index contributed by atoms with van der Waals surface area (Å²) in [5.74, 6) is 0. The van der Waals surface area contributed by atoms with Crippen molar-refractivity contribution in [1.29, 1.82) is 0 Å². The molecule has 0 aromatic carbocycles. The summed E-state index contributed by atoms with van der Waals surface area (Å²) in [6.45, 7) is 8.07. The standard InChI is InChI=1S/C13H15NS/c1-4-14-8-7-12(11(14)3)9-13-6-5-10(2)15-13/h4-8H,1,9H2,2-3H3. The molecule has 1 nitrogen and oxygen atoms in total. The second kappa shape index (κ2) is 4.07. The van der Waals surface area contributed by atoms with Gasteiger partial charge in [-0.3, -0.25) is 0 Å². The molecule has 0 bridgehead atoms. The first kappa shape index (κ1) is 10.2. The molecule has 2 heteroatoms. The van der Waals surface area contributed by atoms with Gasteiger partial charge in [-0.2, -0.15) is 0 Å². The fraction of sp³-hybridized carbons (Fsp3) is 0.231. The van der Waals surface area contributed by atoms with Crippen molar-refractivity contribution in [3.8, 4) is 0 Å². The lowest BCUT2D eigenvalue weighted by Gasteiger charge is -2.00. The zero-order valence-electron chi connectivity index (χ0n) is 9.16. The molecule has 2 heterocycles. The Bertz CT molecular complexity index is 476. The van der Waals surface area contributed by atoms with E-state index in [1.165, 1.54) is 21.0 Å². The van der Waals surface area contributed by atoms with Crippen molar-refractivity contribution in [3.05, 3.63) is 52.0 Å². The minimum atomic E-state index is 1.03. The molecule has 15 heavy (non-hydrogen) atoms. The zero-order chi connectivity index (χ0) is 10.8. The summed E-state index contributed by atoms with van der Waals surface area (Å²) in [5, 5.41) is 0. The molecular weight excluding hydrogens is 202 g/mol. The van der Waals surface area contributed by atoms with E-state index in [1.54, 1.807) is 0 Å². The van der Waals surface area contributed by atoms with E-state index < -0.39 is 0 Å². The smallest absolute Gasteiger partial charge is 0.0225 e. The molecule has 0 atom stereocenters. The van der Waals surface area contributed by atoms with Crippen molar-refractivity contribution in [3.63, 3.8) is 0 Å². The molecule has 0 aliphatic carbocycles. The first-order valence-electron chi connectivity index (χ1n) is 5.05. The lowest BCUT2D eigenvalue weighted by molar-refractivity contribution is 1.06. The molecule has 0 unspecified atom stereocenters. The van der Waals surface area contributed by atoms with E-state index in [9.17, 15) is 0 Å². The SMILES string of the molecule is C=Cn1ccc(Cc2ccc(C)s2)c1C. The topological polar surface area (TPSA) is 4.93 Å². The van der Waals surface area contributed by atoms with Gasteiger partial charge in [-0.25, -0.2) is 0 Å². The van der Waals surface area contributed by atoms with Crippen LogP contribution in [-0.2, 0) is 6.42 Å². The van der Waals surface area contributed by atoms with E-state index in [0.29, 0.717) is 0 Å². The van der Waals surface area contributed by atoms with Crippen LogP contribution >= 0.6 is 11.3 Å². The third kappa shape index (κ3) is 2.05. The van der Waals surface area contributed by atoms with E-state index in [2.05, 4.69) is 49.4 Å². The number of aryl methyl sites for hydroxylation is 1. The van der Waals surface area contributed by atoms with Crippen LogP contribution in [0.1, 0.15) is 21.0 Å². The third-order valence-electron chi connectivity index (χ3n) is 2.65. The molecule has 2 rings (SSSR count). The van der Waals surface area contributed by atoms with Gasteiger partial charge in [0.2, 0.25) is 0 Å². The van der Waals surface area contributed by atoms with Crippen LogP contribution in [0.2, 0.25) is 0 Å². The summed E-state index contributed by atoms with van der Waals surface area (Å²) in [4.78, 5) is 2.81. The van der Waals surface area contributed by atoms with Crippen LogP contribution in [0.25, 0.3) is 6.20 Å². The van der Waals surface area contributed by atoms with Gasteiger partial charge >= 0.3 is 0 Å². The summed E-state index contributed by atoms with van der Waals surface area (Å²) in [7, 11) is 0. The molecular formula is C13H15NS. The van der Waals surface area contributed by atoms with Crippen LogP contribution in [0, 0.1) is 13.8 Å². The number of hydrogen-bond donors (Lipinski definition) is 0. The highest BCUT2D eigenvalue weighted by atomic mass is 32.1. The Kier molecular flexibility index (Phi) is 2.78. The van der Waals surface area contributed by atoms with Crippen LogP contribution in [0.5, 0.6) is 0 Å². The molecule has 0 N–H and O–H groups in total. The number of aromatic nitrogens is 1. The van der Waals surface area contributed by atoms with Gasteiger partial charge in [-0.05, 0) is 37.6 Å². The molecule has 0 spiro atoms. The Morgan fingerprint density at radius 2 is 2.13 bits per heavy atom. The quantitative estimate of drug-likeness (QED) is 0.735. The van der Waals surface area contributed by atoms with Gasteiger partial charge in [0.1, 0.15) is 0 Å². The van der Waals surface area contributed by atoms with Gasteiger partial charge in [0, 0.05) is 34.3 Å². The van der Waals surface area contributed by atoms with E-state index in [4.69, 9.17) is 0 Å².